The highest BCUT2D eigenvalue weighted by Gasteiger charge is 2.47. The van der Waals surface area contributed by atoms with Crippen LogP contribution in [0.2, 0.25) is 0 Å². The summed E-state index contributed by atoms with van der Waals surface area (Å²) in [7, 11) is 5.16. The Morgan fingerprint density at radius 2 is 1.21 bits per heavy atom. The van der Waals surface area contributed by atoms with Crippen molar-refractivity contribution in [3.8, 4) is 5.75 Å². The number of primary amides is 2. The predicted octanol–water partition coefficient (Wildman–Crippen LogP) is -3.35. The second-order valence-corrected chi connectivity index (χ2v) is 36.5. The Morgan fingerprint density at radius 3 is 1.87 bits per heavy atom. The van der Waals surface area contributed by atoms with Crippen LogP contribution in [0, 0.1) is 11.3 Å². The van der Waals surface area contributed by atoms with Crippen molar-refractivity contribution in [1.82, 2.24) is 97.9 Å². The standard InChI is InChI=1S/C90H125N23O21S2/c1-9-10-21-70-89(133)110(6)68(28-31-134-8)82(126)101-59(20-15-29-96-90(93)94)78(122)108-67(77(121)98-41-74(92)118)45-135-46-75(119)100-63(33-50-24-26-54(115)27-25-50)85(129)109(5)49(4)76(120)104-65(38-73(91)117)87(131)112-30-16-22-69(112)83(127)103-61(36-53-40-95-47-99-53)80(124)105-62(32-48(2)3)88(132)113-42-55(116)37-71(113)84(128)102-60(34-51-39-97-58-19-13-11-17-56(51)58)79(123)107-66(43-114)81(125)106-64(86(130)111(70)7)35-52-44-136-72-23-14-12-18-57(52)72/h11-14,17-19,23-27,39-40,44,47-49,55,59-71,97,114-116H,9-10,15-16,20-22,28-38,41-43,45-46H2,1-8H3,(H2,91,117)(H2,92,118)(H,95,99)(H,98,121)(H,100,119)(H,101,126)(H,102,128)(H,103,127)(H,104,120)(H,105,124)(H,106,125)(H,107,123)(H,108,122)(H4,93,94,96)/t49-,55+,59-,60-,61-,62-,63-,64-,65-,66-,67-,68-,69-,70-,71-/m0/s1. The Morgan fingerprint density at radius 1 is 0.603 bits per heavy atom. The van der Waals surface area contributed by atoms with Gasteiger partial charge in [-0.1, -0.05) is 82.1 Å². The van der Waals surface area contributed by atoms with Gasteiger partial charge in [-0.15, -0.1) is 23.1 Å². The van der Waals surface area contributed by atoms with E-state index in [4.69, 9.17) is 27.3 Å². The van der Waals surface area contributed by atoms with E-state index in [9.17, 15) is 58.5 Å². The fourth-order valence-electron chi connectivity index (χ4n) is 16.5. The molecule has 6 aromatic rings. The van der Waals surface area contributed by atoms with Crippen LogP contribution >= 0.6 is 23.1 Å². The number of nitrogens with zero attached hydrogens (tertiary/aromatic N) is 6. The number of aliphatic hydroxyl groups excluding tert-OH is 2. The molecule has 0 aliphatic carbocycles. The summed E-state index contributed by atoms with van der Waals surface area (Å²) in [5.41, 5.74) is 19.1. The summed E-state index contributed by atoms with van der Waals surface area (Å²) < 4.78 is 6.26. The van der Waals surface area contributed by atoms with Gasteiger partial charge in [-0.3, -0.25) is 86.9 Å². The molecule has 3 fully saturated rings. The maximum atomic E-state index is 15.8. The Hall–Kier alpha value is -13.3. The SMILES string of the molecule is CCCC[C@H]1C(=O)N(C)[C@@H](CCOC)C(=O)N[C@@H](CCCNC(=N)N)C(=O)N[C@H](C(=O)NCC(N)=O)CSCC(=O)N[C@@H](Cc2ccc(O)cc2)C(=O)N(C)[C@@H](C)C(=O)N[C@@H](CC(N)=O)C(=O)N2CCC[C@H]2C(=O)N[C@@H](Cc2cnc[nH]2)C(=O)N[C@@H](CC(C)C)C(=O)N2C[C@H](O)C[C@H]2C(=O)N[C@@H](Cc2c[nH]c3ccccc23)C(=O)N[C@@H](CO)C(=O)N[C@@H](Cc2csc3ccccc23)C(=O)N1C. The number of aliphatic hydroxyl groups is 2. The molecule has 3 aromatic carbocycles. The van der Waals surface area contributed by atoms with Gasteiger partial charge in [-0.2, -0.15) is 0 Å². The molecule has 44 nitrogen and oxygen atoms in total. The lowest BCUT2D eigenvalue weighted by atomic mass is 10.00. The average Bonchev–Trinajstić information content (AvgIpc) is 1.53. The molecule has 6 heterocycles. The van der Waals surface area contributed by atoms with Gasteiger partial charge in [0.15, 0.2) is 5.96 Å². The van der Waals surface area contributed by atoms with Crippen molar-refractivity contribution in [2.75, 3.05) is 79.2 Å². The van der Waals surface area contributed by atoms with Crippen molar-refractivity contribution in [3.05, 3.63) is 119 Å². The Balaban J connectivity index is 1.10. The number of aromatic nitrogens is 3. The summed E-state index contributed by atoms with van der Waals surface area (Å²) in [5.74, 6) is -18.3. The lowest BCUT2D eigenvalue weighted by Crippen LogP contribution is -2.62. The zero-order valence-corrected chi connectivity index (χ0v) is 78.8. The molecule has 3 aromatic heterocycles. The number of aromatic amines is 2. The van der Waals surface area contributed by atoms with Crippen LogP contribution in [0.4, 0.5) is 0 Å². The van der Waals surface area contributed by atoms with Crippen LogP contribution in [0.1, 0.15) is 121 Å². The molecule has 15 atom stereocenters. The molecule has 46 heteroatoms. The van der Waals surface area contributed by atoms with Crippen LogP contribution in [0.3, 0.4) is 0 Å². The molecule has 3 aliphatic rings. The minimum absolute atomic E-state index is 0.0105. The summed E-state index contributed by atoms with van der Waals surface area (Å²) in [6.07, 6.45) is 0.883. The first-order valence-corrected chi connectivity index (χ1v) is 47.0. The fraction of sp³-hybridized carbons (Fsp3) is 0.522. The van der Waals surface area contributed by atoms with E-state index in [1.54, 1.807) is 61.8 Å². The van der Waals surface area contributed by atoms with Crippen molar-refractivity contribution in [2.24, 2.45) is 23.1 Å². The van der Waals surface area contributed by atoms with E-state index >= 15 is 38.4 Å². The second-order valence-electron chi connectivity index (χ2n) is 34.5. The third-order valence-electron chi connectivity index (χ3n) is 24.0. The van der Waals surface area contributed by atoms with Crippen LogP contribution in [0.5, 0.6) is 5.75 Å². The number of hydrogen-bond acceptors (Lipinski definition) is 25. The minimum atomic E-state index is -1.90. The molecule has 3 aliphatic heterocycles. The first-order chi connectivity index (χ1) is 64.8. The van der Waals surface area contributed by atoms with Gasteiger partial charge in [-0.25, -0.2) is 4.98 Å². The van der Waals surface area contributed by atoms with Crippen molar-refractivity contribution in [1.29, 1.82) is 5.41 Å². The molecule has 17 amide bonds. The van der Waals surface area contributed by atoms with Gasteiger partial charge in [0.2, 0.25) is 100 Å². The number of carbonyl (C=O) groups excluding carboxylic acids is 17. The molecular formula is C90H125N23O21S2. The summed E-state index contributed by atoms with van der Waals surface area (Å²) in [5, 5.41) is 72.8. The number of phenols is 1. The first-order valence-electron chi connectivity index (χ1n) is 45.0. The maximum absolute atomic E-state index is 15.8. The third kappa shape index (κ3) is 29.6. The van der Waals surface area contributed by atoms with Crippen LogP contribution in [0.25, 0.3) is 21.0 Å². The van der Waals surface area contributed by atoms with Crippen LogP contribution < -0.4 is 75.7 Å². The van der Waals surface area contributed by atoms with Crippen molar-refractivity contribution in [2.45, 2.75) is 215 Å². The molecule has 0 unspecified atom stereocenters. The molecular weight excluding hydrogens is 1800 g/mol. The number of aromatic hydroxyl groups is 1. The number of fused-ring (bicyclic) bond motifs is 4. The van der Waals surface area contributed by atoms with Crippen LogP contribution in [-0.2, 0) is 112 Å². The number of H-pyrrole nitrogens is 2. The Labute approximate surface area is 793 Å². The number of thioether (sulfide) groups is 1. The quantitative estimate of drug-likeness (QED) is 0.0143. The van der Waals surface area contributed by atoms with E-state index in [0.717, 1.165) is 41.0 Å². The number of nitrogens with two attached hydrogens (primary N) is 3. The summed E-state index contributed by atoms with van der Waals surface area (Å²) in [6.45, 7) is 3.94. The highest BCUT2D eigenvalue weighted by Crippen LogP contribution is 2.30. The molecule has 0 spiro atoms. The van der Waals surface area contributed by atoms with Crippen LogP contribution in [0.15, 0.2) is 96.9 Å². The number of ether oxygens (including phenoxy) is 1. The number of nitrogens with one attached hydrogen (secondary N) is 14. The topological polar surface area (TPSA) is 655 Å². The van der Waals surface area contributed by atoms with E-state index in [0.29, 0.717) is 51.5 Å². The van der Waals surface area contributed by atoms with Crippen molar-refractivity contribution >= 4 is 150 Å². The van der Waals surface area contributed by atoms with E-state index in [1.165, 1.54) is 83.3 Å². The van der Waals surface area contributed by atoms with Crippen molar-refractivity contribution in [3.63, 3.8) is 0 Å². The van der Waals surface area contributed by atoms with E-state index in [1.807, 2.05) is 19.1 Å². The van der Waals surface area contributed by atoms with Gasteiger partial charge in [0.1, 0.15) is 90.3 Å². The van der Waals surface area contributed by atoms with Gasteiger partial charge in [-0.05, 0) is 103 Å². The molecule has 23 N–H and O–H groups in total. The number of guanidine groups is 1. The van der Waals surface area contributed by atoms with E-state index in [-0.39, 0.29) is 102 Å². The number of amides is 17. The number of hydrogen-bond donors (Lipinski definition) is 20. The number of para-hydroxylation sites is 1. The zero-order chi connectivity index (χ0) is 99.3. The summed E-state index contributed by atoms with van der Waals surface area (Å²) >= 11 is 2.09. The maximum Gasteiger partial charge on any atom is 0.246 e. The normalized spacial score (nSPS) is 24.7. The molecule has 3 saturated heterocycles. The molecule has 0 saturated carbocycles. The number of carbonyl (C=O) groups is 17. The molecule has 738 valence electrons. The average molecular weight is 1930 g/mol. The van der Waals surface area contributed by atoms with Gasteiger partial charge in [0.25, 0.3) is 0 Å². The monoisotopic (exact) mass is 1930 g/mol. The number of imidazole rings is 1. The lowest BCUT2D eigenvalue weighted by molar-refractivity contribution is -0.149. The van der Waals surface area contributed by atoms with Crippen molar-refractivity contribution < 1.29 is 102 Å². The van der Waals surface area contributed by atoms with E-state index < -0.39 is 241 Å². The number of thiophene rings is 1. The smallest absolute Gasteiger partial charge is 0.246 e. The number of rotatable bonds is 26. The second kappa shape index (κ2) is 50.8. The largest absolute Gasteiger partial charge is 0.508 e. The highest BCUT2D eigenvalue weighted by atomic mass is 32.2. The summed E-state index contributed by atoms with van der Waals surface area (Å²) in [4.78, 5) is 266. The first kappa shape index (κ1) is 106. The molecule has 0 radical (unpaired) electrons. The third-order valence-corrected chi connectivity index (χ3v) is 26.0. The fourth-order valence-corrected chi connectivity index (χ4v) is 18.3. The molecule has 9 rings (SSSR count). The number of likely N-dealkylation sites (N-methyl/N-ethyl adjacent to an activating group) is 3. The van der Waals surface area contributed by atoms with Gasteiger partial charge < -0.3 is 130 Å². The van der Waals surface area contributed by atoms with Gasteiger partial charge in [0.05, 0.1) is 37.8 Å². The number of unbranched alkanes of at least 4 members (excludes halogenated alkanes) is 1. The summed E-state index contributed by atoms with van der Waals surface area (Å²) in [6, 6.07) is -2.39. The minimum Gasteiger partial charge on any atom is -0.508 e. The Kier molecular flexibility index (Phi) is 39.8. The lowest BCUT2D eigenvalue weighted by Gasteiger charge is -2.36. The zero-order valence-electron chi connectivity index (χ0n) is 77.2. The predicted molar refractivity (Wildman–Crippen MR) is 500 cm³/mol. The Bertz CT molecular complexity index is 5250. The molecule has 0 bridgehead atoms. The van der Waals surface area contributed by atoms with Crippen LogP contribution in [-0.4, -0.2) is 331 Å². The number of benzene rings is 3. The number of phenolic OH excluding ortho intramolecular Hbond substituents is 1. The van der Waals surface area contributed by atoms with E-state index in [2.05, 4.69) is 73.4 Å². The van der Waals surface area contributed by atoms with Gasteiger partial charge >= 0.3 is 0 Å². The molecule has 136 heavy (non-hydrogen) atoms. The highest BCUT2D eigenvalue weighted by molar-refractivity contribution is 8.00. The number of methoxy groups -OCH3 is 1. The van der Waals surface area contributed by atoms with Gasteiger partial charge in [0, 0.05) is 132 Å².